The van der Waals surface area contributed by atoms with Gasteiger partial charge in [0.2, 0.25) is 47.3 Å². The SMILES string of the molecule is CC(C)[C@H](NC(=O)[C@H](CCCCN)NC(=O)[C@@H](Cc1c[nH]c2ccccc12)NC(=O)[C@H](Cc1cnc[nH]1)NC(=O)[C@@H](CS)NC(=O)[C@@H](N)Cc1ccc2ccccc2c1)C(=O)N[C@@H](CS)C(=O)N[C@@H](Cc1ccc2ccccc2c1)C(N)=O. The predicted molar refractivity (Wildman–Crippen MR) is 326 cm³/mol. The fraction of sp³-hybridized carbons (Fsp3) is 0.350. The van der Waals surface area contributed by atoms with E-state index in [2.05, 4.69) is 77.4 Å². The lowest BCUT2D eigenvalue weighted by atomic mass is 10.00. The Morgan fingerprint density at radius 3 is 1.60 bits per heavy atom. The molecule has 8 atom stereocenters. The van der Waals surface area contributed by atoms with E-state index in [-0.39, 0.29) is 50.2 Å². The minimum atomic E-state index is -1.37. The third-order valence-electron chi connectivity index (χ3n) is 14.3. The molecule has 0 unspecified atom stereocenters. The number of carbonyl (C=O) groups excluding carboxylic acids is 8. The second kappa shape index (κ2) is 30.2. The van der Waals surface area contributed by atoms with Crippen LogP contribution in [-0.4, -0.2) is 129 Å². The van der Waals surface area contributed by atoms with Crippen LogP contribution in [0.4, 0.5) is 0 Å². The van der Waals surface area contributed by atoms with E-state index >= 15 is 0 Å². The number of H-pyrrole nitrogens is 2. The first-order valence-electron chi connectivity index (χ1n) is 27.5. The first-order chi connectivity index (χ1) is 39.9. The molecule has 83 heavy (non-hydrogen) atoms. The number of nitrogens with two attached hydrogens (primary N) is 3. The molecule has 0 radical (unpaired) electrons. The summed E-state index contributed by atoms with van der Waals surface area (Å²) < 4.78 is 0. The first-order valence-corrected chi connectivity index (χ1v) is 28.8. The third kappa shape index (κ3) is 17.4. The number of amides is 8. The molecule has 23 heteroatoms. The highest BCUT2D eigenvalue weighted by molar-refractivity contribution is 7.80. The van der Waals surface area contributed by atoms with E-state index in [9.17, 15) is 38.4 Å². The molecule has 7 rings (SSSR count). The largest absolute Gasteiger partial charge is 0.368 e. The van der Waals surface area contributed by atoms with Gasteiger partial charge in [-0.15, -0.1) is 0 Å². The van der Waals surface area contributed by atoms with E-state index in [0.717, 1.165) is 43.6 Å². The number of aromatic amines is 2. The van der Waals surface area contributed by atoms with Crippen LogP contribution in [0.15, 0.2) is 128 Å². The number of rotatable bonds is 30. The predicted octanol–water partition coefficient (Wildman–Crippen LogP) is 2.32. The molecular weight excluding hydrogens is 1090 g/mol. The van der Waals surface area contributed by atoms with Crippen molar-refractivity contribution in [3.63, 3.8) is 0 Å². The van der Waals surface area contributed by atoms with Crippen LogP contribution in [0.1, 0.15) is 55.5 Å². The fourth-order valence-corrected chi connectivity index (χ4v) is 10.2. The number of benzene rings is 5. The molecule has 2 heterocycles. The van der Waals surface area contributed by atoms with Crippen molar-refractivity contribution in [3.05, 3.63) is 150 Å². The lowest BCUT2D eigenvalue weighted by molar-refractivity contribution is -0.136. The highest BCUT2D eigenvalue weighted by Crippen LogP contribution is 2.21. The van der Waals surface area contributed by atoms with Gasteiger partial charge in [-0.1, -0.05) is 117 Å². The van der Waals surface area contributed by atoms with Crippen molar-refractivity contribution in [1.82, 2.24) is 52.2 Å². The van der Waals surface area contributed by atoms with Gasteiger partial charge in [0.05, 0.1) is 12.4 Å². The molecule has 0 aliphatic rings. The number of aromatic nitrogens is 3. The van der Waals surface area contributed by atoms with E-state index in [0.29, 0.717) is 24.1 Å². The number of para-hydroxylation sites is 1. The monoisotopic (exact) mass is 1170 g/mol. The Hall–Kier alpha value is -8.25. The number of carbonyl (C=O) groups is 8. The summed E-state index contributed by atoms with van der Waals surface area (Å²) in [6, 6.07) is 24.4. The van der Waals surface area contributed by atoms with Crippen molar-refractivity contribution in [3.8, 4) is 0 Å². The molecule has 15 N–H and O–H groups in total. The highest BCUT2D eigenvalue weighted by Gasteiger charge is 2.35. The van der Waals surface area contributed by atoms with Crippen molar-refractivity contribution < 1.29 is 38.4 Å². The van der Waals surface area contributed by atoms with Gasteiger partial charge < -0.3 is 64.4 Å². The Balaban J connectivity index is 1.06. The number of imidazole rings is 1. The Morgan fingerprint density at radius 2 is 1.04 bits per heavy atom. The second-order valence-corrected chi connectivity index (χ2v) is 21.6. The summed E-state index contributed by atoms with van der Waals surface area (Å²) in [5.74, 6) is -6.80. The van der Waals surface area contributed by atoms with E-state index in [1.807, 2.05) is 109 Å². The normalized spacial score (nSPS) is 14.3. The lowest BCUT2D eigenvalue weighted by Crippen LogP contribution is -2.61. The number of hydrogen-bond donors (Lipinski definition) is 14. The van der Waals surface area contributed by atoms with Crippen molar-refractivity contribution >= 4 is 105 Å². The summed E-state index contributed by atoms with van der Waals surface area (Å²) in [5, 5.41) is 23.9. The van der Waals surface area contributed by atoms with Crippen LogP contribution in [0, 0.1) is 5.92 Å². The number of fused-ring (bicyclic) bond motifs is 3. The fourth-order valence-electron chi connectivity index (χ4n) is 9.66. The maximum Gasteiger partial charge on any atom is 0.244 e. The van der Waals surface area contributed by atoms with Crippen LogP contribution in [0.5, 0.6) is 0 Å². The van der Waals surface area contributed by atoms with E-state index < -0.39 is 102 Å². The van der Waals surface area contributed by atoms with Gasteiger partial charge in [0.25, 0.3) is 0 Å². The molecule has 8 amide bonds. The van der Waals surface area contributed by atoms with Crippen LogP contribution >= 0.6 is 25.3 Å². The molecule has 0 saturated carbocycles. The van der Waals surface area contributed by atoms with Crippen LogP contribution in [-0.2, 0) is 64.0 Å². The van der Waals surface area contributed by atoms with Crippen LogP contribution in [0.2, 0.25) is 0 Å². The van der Waals surface area contributed by atoms with E-state index in [4.69, 9.17) is 17.2 Å². The molecule has 5 aromatic carbocycles. The zero-order chi connectivity index (χ0) is 59.6. The van der Waals surface area contributed by atoms with Gasteiger partial charge >= 0.3 is 0 Å². The van der Waals surface area contributed by atoms with Crippen molar-refractivity contribution in [2.75, 3.05) is 18.1 Å². The Morgan fingerprint density at radius 1 is 0.530 bits per heavy atom. The van der Waals surface area contributed by atoms with Crippen LogP contribution in [0.3, 0.4) is 0 Å². The summed E-state index contributed by atoms with van der Waals surface area (Å²) >= 11 is 8.70. The van der Waals surface area contributed by atoms with Gasteiger partial charge in [-0.3, -0.25) is 38.4 Å². The maximum absolute atomic E-state index is 14.8. The maximum atomic E-state index is 14.8. The van der Waals surface area contributed by atoms with Crippen molar-refractivity contribution in [2.45, 2.75) is 107 Å². The van der Waals surface area contributed by atoms with Gasteiger partial charge in [0.1, 0.15) is 42.3 Å². The van der Waals surface area contributed by atoms with E-state index in [1.54, 1.807) is 20.0 Å². The van der Waals surface area contributed by atoms with Gasteiger partial charge in [-0.05, 0) is 82.4 Å². The standard InChI is InChI=1S/C60H73N13O8S2/c1-34(2)52(60(81)72-51(32-83)58(79)68-47(53(63)74)26-36-19-21-38-12-4-6-14-40(38)24-36)73-55(76)46(17-9-10-22-61)67-56(77)48(27-41-29-65-45-16-8-7-15-43(41)45)69-57(78)49(28-42-30-64-33-66-42)70-59(80)50(31-82)71-54(75)44(62)25-35-18-20-37-11-3-5-13-39(37)23-35/h3-8,11-16,18-21,23-24,29-30,33-34,44,46-52,65,82-83H,9-10,17,22,25-28,31-32,61-62H2,1-2H3,(H2,63,74)(H,64,66)(H,67,77)(H,68,79)(H,69,78)(H,70,80)(H,71,75)(H,72,81)(H,73,76)/t44-,46-,47-,48+,49-,50+,51-,52-/m0/s1. The molecule has 0 bridgehead atoms. The number of nitrogens with zero attached hydrogens (tertiary/aromatic N) is 1. The molecule has 2 aromatic heterocycles. The van der Waals surface area contributed by atoms with Gasteiger partial charge in [-0.2, -0.15) is 25.3 Å². The third-order valence-corrected chi connectivity index (χ3v) is 15.1. The van der Waals surface area contributed by atoms with Crippen molar-refractivity contribution in [1.29, 1.82) is 0 Å². The minimum Gasteiger partial charge on any atom is -0.368 e. The molecule has 0 fully saturated rings. The molecule has 438 valence electrons. The molecular formula is C60H73N13O8S2. The van der Waals surface area contributed by atoms with Crippen LogP contribution in [0.25, 0.3) is 32.4 Å². The second-order valence-electron chi connectivity index (χ2n) is 20.9. The van der Waals surface area contributed by atoms with E-state index in [1.165, 1.54) is 12.5 Å². The quantitative estimate of drug-likeness (QED) is 0.0229. The summed E-state index contributed by atoms with van der Waals surface area (Å²) in [7, 11) is 0. The summed E-state index contributed by atoms with van der Waals surface area (Å²) in [5.41, 5.74) is 21.4. The smallest absolute Gasteiger partial charge is 0.244 e. The zero-order valence-corrected chi connectivity index (χ0v) is 48.0. The highest BCUT2D eigenvalue weighted by atomic mass is 32.1. The first kappa shape index (κ1) is 62.4. The number of thiol groups is 2. The van der Waals surface area contributed by atoms with Gasteiger partial charge in [0, 0.05) is 59.8 Å². The molecule has 0 aliphatic carbocycles. The number of primary amides is 1. The summed E-state index contributed by atoms with van der Waals surface area (Å²) in [6.45, 7) is 3.66. The van der Waals surface area contributed by atoms with Gasteiger partial charge in [0.15, 0.2) is 0 Å². The number of hydrogen-bond acceptors (Lipinski definition) is 13. The summed E-state index contributed by atoms with van der Waals surface area (Å²) in [4.78, 5) is 122. The average Bonchev–Trinajstić information content (AvgIpc) is 4.24. The zero-order valence-electron chi connectivity index (χ0n) is 46.2. The topological polar surface area (TPSA) is 343 Å². The Labute approximate surface area is 491 Å². The lowest BCUT2D eigenvalue weighted by Gasteiger charge is -2.29. The molecule has 0 spiro atoms. The van der Waals surface area contributed by atoms with Gasteiger partial charge in [-0.25, -0.2) is 4.98 Å². The molecule has 0 aliphatic heterocycles. The molecule has 21 nitrogen and oxygen atoms in total. The molecule has 7 aromatic rings. The number of unbranched alkanes of at least 4 members (excludes halogenated alkanes) is 1. The Bertz CT molecular complexity index is 3390. The molecule has 0 saturated heterocycles. The Kier molecular flexibility index (Phi) is 22.7. The van der Waals surface area contributed by atoms with Crippen molar-refractivity contribution in [2.24, 2.45) is 23.1 Å². The van der Waals surface area contributed by atoms with Crippen LogP contribution < -0.4 is 54.4 Å². The number of nitrogens with one attached hydrogen (secondary N) is 9. The summed E-state index contributed by atoms with van der Waals surface area (Å²) in [6.07, 6.45) is 5.57. The average molecular weight is 1170 g/mol. The minimum absolute atomic E-state index is 0.0730.